The molecule has 1 saturated heterocycles. The molecule has 0 saturated carbocycles. The van der Waals surface area contributed by atoms with Crippen molar-refractivity contribution >= 4 is 68.1 Å². The highest BCUT2D eigenvalue weighted by atomic mass is 79.9. The van der Waals surface area contributed by atoms with Gasteiger partial charge in [0.05, 0.1) is 18.1 Å². The second-order valence-electron chi connectivity index (χ2n) is 7.85. The van der Waals surface area contributed by atoms with E-state index in [9.17, 15) is 14.4 Å². The number of amides is 3. The molecule has 3 amide bonds. The van der Waals surface area contributed by atoms with E-state index in [0.29, 0.717) is 39.3 Å². The number of nitrogens with zero attached hydrogens (tertiary/aromatic N) is 1. The van der Waals surface area contributed by atoms with Crippen molar-refractivity contribution in [1.29, 1.82) is 0 Å². The Bertz CT molecular complexity index is 1380. The zero-order valence-electron chi connectivity index (χ0n) is 19.7. The summed E-state index contributed by atoms with van der Waals surface area (Å²) < 4.78 is 12.2. The maximum Gasteiger partial charge on any atom is 0.293 e. The molecule has 0 atom stereocenters. The number of carbonyl (C=O) groups is 3. The Balaban J connectivity index is 1.45. The molecule has 3 aromatic carbocycles. The van der Waals surface area contributed by atoms with Crippen LogP contribution in [0.5, 0.6) is 11.5 Å². The summed E-state index contributed by atoms with van der Waals surface area (Å²) in [4.78, 5) is 39.3. The lowest BCUT2D eigenvalue weighted by atomic mass is 10.1. The molecule has 0 spiro atoms. The number of halogens is 2. The predicted octanol–water partition coefficient (Wildman–Crippen LogP) is 6.76. The van der Waals surface area contributed by atoms with E-state index in [1.54, 1.807) is 48.5 Å². The molecule has 7 nitrogen and oxygen atoms in total. The number of hydrogen-bond donors (Lipinski definition) is 1. The van der Waals surface area contributed by atoms with Gasteiger partial charge in [-0.2, -0.15) is 0 Å². The standard InChI is InChI=1S/C27H22BrClN2O5S/c1-2-35-23-12-17(10-11-22(23)36-16-25(32)30-20-8-5-7-19(29)14-20)13-24-26(33)31(27(34)37-24)15-18-6-3-4-9-21(18)28/h3-14H,2,15-16H2,1H3,(H,30,32)/b24-13-. The van der Waals surface area contributed by atoms with E-state index in [2.05, 4.69) is 21.2 Å². The quantitative estimate of drug-likeness (QED) is 0.273. The topological polar surface area (TPSA) is 84.9 Å². The van der Waals surface area contributed by atoms with E-state index >= 15 is 0 Å². The Morgan fingerprint density at radius 2 is 1.86 bits per heavy atom. The second kappa shape index (κ2) is 12.3. The fourth-order valence-corrected chi connectivity index (χ4v) is 4.93. The van der Waals surface area contributed by atoms with Crippen LogP contribution >= 0.6 is 39.3 Å². The first-order chi connectivity index (χ1) is 17.8. The number of benzene rings is 3. The molecule has 1 fully saturated rings. The Hall–Kier alpha value is -3.27. The molecule has 4 rings (SSSR count). The molecule has 37 heavy (non-hydrogen) atoms. The van der Waals surface area contributed by atoms with Crippen LogP contribution < -0.4 is 14.8 Å². The first kappa shape index (κ1) is 26.8. The van der Waals surface area contributed by atoms with Crippen molar-refractivity contribution < 1.29 is 23.9 Å². The monoisotopic (exact) mass is 600 g/mol. The number of ether oxygens (including phenoxy) is 2. The molecule has 10 heteroatoms. The molecular weight excluding hydrogens is 580 g/mol. The Morgan fingerprint density at radius 1 is 1.05 bits per heavy atom. The van der Waals surface area contributed by atoms with E-state index in [0.717, 1.165) is 21.8 Å². The van der Waals surface area contributed by atoms with Gasteiger partial charge in [-0.25, -0.2) is 0 Å². The van der Waals surface area contributed by atoms with Crippen molar-refractivity contribution in [3.63, 3.8) is 0 Å². The van der Waals surface area contributed by atoms with Crippen LogP contribution in [-0.2, 0) is 16.1 Å². The number of rotatable bonds is 9. The minimum Gasteiger partial charge on any atom is -0.490 e. The van der Waals surface area contributed by atoms with Crippen molar-refractivity contribution in [2.75, 3.05) is 18.5 Å². The van der Waals surface area contributed by atoms with Crippen molar-refractivity contribution in [3.8, 4) is 11.5 Å². The maximum atomic E-state index is 13.0. The first-order valence-electron chi connectivity index (χ1n) is 11.3. The van der Waals surface area contributed by atoms with Gasteiger partial charge in [0, 0.05) is 15.2 Å². The van der Waals surface area contributed by atoms with E-state index in [-0.39, 0.29) is 30.2 Å². The van der Waals surface area contributed by atoms with Crippen LogP contribution in [0.3, 0.4) is 0 Å². The summed E-state index contributed by atoms with van der Waals surface area (Å²) in [6.07, 6.45) is 1.64. The third-order valence-electron chi connectivity index (χ3n) is 5.19. The molecule has 0 unspecified atom stereocenters. The summed E-state index contributed by atoms with van der Waals surface area (Å²) in [7, 11) is 0. The van der Waals surface area contributed by atoms with Gasteiger partial charge in [0.2, 0.25) is 0 Å². The second-order valence-corrected chi connectivity index (χ2v) is 10.1. The number of anilines is 1. The lowest BCUT2D eigenvalue weighted by Gasteiger charge is -2.14. The number of nitrogens with one attached hydrogen (secondary N) is 1. The summed E-state index contributed by atoms with van der Waals surface area (Å²) in [5.74, 6) is 0.0794. The lowest BCUT2D eigenvalue weighted by Crippen LogP contribution is -2.27. The van der Waals surface area contributed by atoms with Crippen molar-refractivity contribution in [2.45, 2.75) is 13.5 Å². The van der Waals surface area contributed by atoms with Gasteiger partial charge < -0.3 is 14.8 Å². The Morgan fingerprint density at radius 3 is 2.62 bits per heavy atom. The molecule has 0 bridgehead atoms. The molecule has 190 valence electrons. The minimum absolute atomic E-state index is 0.178. The van der Waals surface area contributed by atoms with Crippen LogP contribution in [0.4, 0.5) is 10.5 Å². The molecule has 1 N–H and O–H groups in total. The SMILES string of the molecule is CCOc1cc(/C=C2\SC(=O)N(Cc3ccccc3Br)C2=O)ccc1OCC(=O)Nc1cccc(Cl)c1. The van der Waals surface area contributed by atoms with Crippen LogP contribution in [0.1, 0.15) is 18.1 Å². The van der Waals surface area contributed by atoms with Gasteiger partial charge >= 0.3 is 0 Å². The van der Waals surface area contributed by atoms with Crippen LogP contribution in [0.2, 0.25) is 5.02 Å². The number of carbonyl (C=O) groups excluding carboxylic acids is 3. The maximum absolute atomic E-state index is 13.0. The van der Waals surface area contributed by atoms with Crippen molar-refractivity contribution in [3.05, 3.63) is 92.3 Å². The van der Waals surface area contributed by atoms with Gasteiger partial charge in [0.15, 0.2) is 18.1 Å². The van der Waals surface area contributed by atoms with E-state index in [1.165, 1.54) is 4.90 Å². The number of hydrogen-bond acceptors (Lipinski definition) is 6. The van der Waals surface area contributed by atoms with Crippen LogP contribution in [0.15, 0.2) is 76.1 Å². The average molecular weight is 602 g/mol. The average Bonchev–Trinajstić information content (AvgIpc) is 3.12. The largest absolute Gasteiger partial charge is 0.490 e. The molecular formula is C27H22BrClN2O5S. The van der Waals surface area contributed by atoms with E-state index in [4.69, 9.17) is 21.1 Å². The smallest absolute Gasteiger partial charge is 0.293 e. The van der Waals surface area contributed by atoms with Crippen molar-refractivity contribution in [2.24, 2.45) is 0 Å². The fourth-order valence-electron chi connectivity index (χ4n) is 3.49. The summed E-state index contributed by atoms with van der Waals surface area (Å²) in [5.41, 5.74) is 2.06. The van der Waals surface area contributed by atoms with E-state index < -0.39 is 0 Å². The third kappa shape index (κ3) is 6.94. The first-order valence-corrected chi connectivity index (χ1v) is 13.3. The summed E-state index contributed by atoms with van der Waals surface area (Å²) >= 11 is 10.3. The highest BCUT2D eigenvalue weighted by molar-refractivity contribution is 9.10. The van der Waals surface area contributed by atoms with Gasteiger partial charge in [-0.1, -0.05) is 57.9 Å². The van der Waals surface area contributed by atoms with E-state index in [1.807, 2.05) is 31.2 Å². The zero-order chi connectivity index (χ0) is 26.4. The Labute approximate surface area is 231 Å². The minimum atomic E-state index is -0.360. The third-order valence-corrected chi connectivity index (χ3v) is 7.11. The highest BCUT2D eigenvalue weighted by Crippen LogP contribution is 2.36. The molecule has 0 aliphatic carbocycles. The van der Waals surface area contributed by atoms with Crippen molar-refractivity contribution in [1.82, 2.24) is 4.90 Å². The summed E-state index contributed by atoms with van der Waals surface area (Å²) in [5, 5.41) is 2.90. The summed E-state index contributed by atoms with van der Waals surface area (Å²) in [6.45, 7) is 2.14. The van der Waals surface area contributed by atoms with Gasteiger partial charge in [0.1, 0.15) is 0 Å². The zero-order valence-corrected chi connectivity index (χ0v) is 22.9. The number of thioether (sulfide) groups is 1. The fraction of sp³-hybridized carbons (Fsp3) is 0.148. The summed E-state index contributed by atoms with van der Waals surface area (Å²) in [6, 6.07) is 19.4. The molecule has 3 aromatic rings. The lowest BCUT2D eigenvalue weighted by molar-refractivity contribution is -0.123. The van der Waals surface area contributed by atoms with Crippen LogP contribution in [-0.4, -0.2) is 35.2 Å². The van der Waals surface area contributed by atoms with Gasteiger partial charge in [-0.3, -0.25) is 19.3 Å². The molecule has 1 aliphatic rings. The molecule has 0 radical (unpaired) electrons. The molecule has 1 heterocycles. The normalized spacial score (nSPS) is 14.2. The van der Waals surface area contributed by atoms with Gasteiger partial charge in [0.25, 0.3) is 17.1 Å². The van der Waals surface area contributed by atoms with Gasteiger partial charge in [-0.15, -0.1) is 0 Å². The molecule has 0 aromatic heterocycles. The number of imide groups is 1. The highest BCUT2D eigenvalue weighted by Gasteiger charge is 2.35. The Kier molecular flexibility index (Phi) is 8.91. The van der Waals surface area contributed by atoms with Crippen LogP contribution in [0.25, 0.3) is 6.08 Å². The van der Waals surface area contributed by atoms with Crippen LogP contribution in [0, 0.1) is 0 Å². The van der Waals surface area contributed by atoms with Gasteiger partial charge in [-0.05, 0) is 72.3 Å². The molecule has 1 aliphatic heterocycles. The predicted molar refractivity (Wildman–Crippen MR) is 149 cm³/mol.